The number of carbonyl (C=O) groups is 1. The zero-order valence-corrected chi connectivity index (χ0v) is 12.8. The summed E-state index contributed by atoms with van der Waals surface area (Å²) >= 11 is 0. The van der Waals surface area contributed by atoms with E-state index in [1.165, 1.54) is 19.3 Å². The molecule has 110 valence electrons. The van der Waals surface area contributed by atoms with E-state index in [2.05, 4.69) is 25.2 Å². The molecule has 1 amide bonds. The zero-order valence-electron chi connectivity index (χ0n) is 12.8. The minimum atomic E-state index is -0.102. The Morgan fingerprint density at radius 3 is 2.40 bits per heavy atom. The van der Waals surface area contributed by atoms with Gasteiger partial charge in [0.15, 0.2) is 0 Å². The highest BCUT2D eigenvalue weighted by Crippen LogP contribution is 2.69. The van der Waals surface area contributed by atoms with Crippen LogP contribution in [0.15, 0.2) is 0 Å². The van der Waals surface area contributed by atoms with Gasteiger partial charge in [0, 0.05) is 13.0 Å². The van der Waals surface area contributed by atoms with Crippen molar-refractivity contribution >= 4 is 5.91 Å². The number of nitrogens with one attached hydrogen (secondary N) is 1. The van der Waals surface area contributed by atoms with E-state index in [0.717, 1.165) is 31.6 Å². The van der Waals surface area contributed by atoms with Crippen LogP contribution in [0.5, 0.6) is 0 Å². The molecule has 2 unspecified atom stereocenters. The van der Waals surface area contributed by atoms with E-state index < -0.39 is 0 Å². The molecule has 4 bridgehead atoms. The van der Waals surface area contributed by atoms with Crippen LogP contribution < -0.4 is 5.32 Å². The third-order valence-electron chi connectivity index (χ3n) is 5.86. The predicted molar refractivity (Wildman–Crippen MR) is 77.7 cm³/mol. The van der Waals surface area contributed by atoms with E-state index >= 15 is 0 Å². The number of nitriles is 1. The fourth-order valence-electron chi connectivity index (χ4n) is 6.26. The smallest absolute Gasteiger partial charge is 0.226 e. The van der Waals surface area contributed by atoms with Gasteiger partial charge in [-0.15, -0.1) is 0 Å². The van der Waals surface area contributed by atoms with E-state index in [9.17, 15) is 4.79 Å². The SMILES string of the molecule is CC12CC3CC(C)(C1)CC(C(=O)NCCCC#N)(C3)C2. The highest BCUT2D eigenvalue weighted by atomic mass is 16.2. The maximum atomic E-state index is 12.8. The first-order chi connectivity index (χ1) is 9.39. The van der Waals surface area contributed by atoms with Gasteiger partial charge in [0.25, 0.3) is 0 Å². The second-order valence-electron chi connectivity index (χ2n) is 8.43. The van der Waals surface area contributed by atoms with Crippen molar-refractivity contribution in [2.75, 3.05) is 6.54 Å². The van der Waals surface area contributed by atoms with Gasteiger partial charge >= 0.3 is 0 Å². The average Bonchev–Trinajstić information content (AvgIpc) is 2.29. The summed E-state index contributed by atoms with van der Waals surface area (Å²) in [7, 11) is 0. The maximum absolute atomic E-state index is 12.8. The van der Waals surface area contributed by atoms with Gasteiger partial charge in [-0.3, -0.25) is 4.79 Å². The summed E-state index contributed by atoms with van der Waals surface area (Å²) in [5.74, 6) is 1.03. The topological polar surface area (TPSA) is 52.9 Å². The number of carbonyl (C=O) groups excluding carboxylic acids is 1. The Morgan fingerprint density at radius 1 is 1.20 bits per heavy atom. The lowest BCUT2D eigenvalue weighted by molar-refractivity contribution is -0.170. The molecule has 1 N–H and O–H groups in total. The minimum absolute atomic E-state index is 0.102. The number of hydrogen-bond donors (Lipinski definition) is 1. The summed E-state index contributed by atoms with van der Waals surface area (Å²) in [4.78, 5) is 12.8. The van der Waals surface area contributed by atoms with Gasteiger partial charge in [0.1, 0.15) is 0 Å². The van der Waals surface area contributed by atoms with Gasteiger partial charge in [-0.2, -0.15) is 5.26 Å². The Kier molecular flexibility index (Phi) is 3.12. The highest BCUT2D eigenvalue weighted by molar-refractivity contribution is 5.83. The lowest BCUT2D eigenvalue weighted by atomic mass is 9.40. The first kappa shape index (κ1) is 13.9. The molecule has 4 saturated carbocycles. The second-order valence-corrected chi connectivity index (χ2v) is 8.43. The van der Waals surface area contributed by atoms with Gasteiger partial charge in [0.05, 0.1) is 11.5 Å². The molecule has 3 nitrogen and oxygen atoms in total. The van der Waals surface area contributed by atoms with Crippen molar-refractivity contribution in [3.8, 4) is 6.07 Å². The monoisotopic (exact) mass is 274 g/mol. The molecule has 0 aromatic rings. The fourth-order valence-corrected chi connectivity index (χ4v) is 6.26. The number of hydrogen-bond acceptors (Lipinski definition) is 2. The quantitative estimate of drug-likeness (QED) is 0.799. The molecule has 0 saturated heterocycles. The Hall–Kier alpha value is -1.04. The van der Waals surface area contributed by atoms with E-state index in [1.54, 1.807) is 0 Å². The average molecular weight is 274 g/mol. The standard InChI is InChI=1S/C17H26N2O/c1-15-7-13-8-16(2,10-15)12-17(9-13,11-15)14(20)19-6-4-3-5-18/h13H,3-4,6-12H2,1-2H3,(H,19,20). The van der Waals surface area contributed by atoms with Gasteiger partial charge < -0.3 is 5.32 Å². The van der Waals surface area contributed by atoms with Crippen LogP contribution in [0.4, 0.5) is 0 Å². The van der Waals surface area contributed by atoms with Crippen molar-refractivity contribution in [1.82, 2.24) is 5.32 Å². The van der Waals surface area contributed by atoms with Crippen molar-refractivity contribution in [1.29, 1.82) is 5.26 Å². The molecule has 4 aliphatic carbocycles. The maximum Gasteiger partial charge on any atom is 0.226 e. The predicted octanol–water partition coefficient (Wildman–Crippen LogP) is 3.40. The summed E-state index contributed by atoms with van der Waals surface area (Å²) in [5.41, 5.74) is 0.673. The van der Waals surface area contributed by atoms with Crippen LogP contribution in [0, 0.1) is 33.5 Å². The third-order valence-corrected chi connectivity index (χ3v) is 5.86. The first-order valence-corrected chi connectivity index (χ1v) is 8.04. The molecule has 4 rings (SSSR count). The number of unbranched alkanes of at least 4 members (excludes halogenated alkanes) is 1. The molecule has 4 fully saturated rings. The lowest BCUT2D eigenvalue weighted by Crippen LogP contribution is -2.59. The number of rotatable bonds is 4. The largest absolute Gasteiger partial charge is 0.356 e. The van der Waals surface area contributed by atoms with E-state index in [-0.39, 0.29) is 11.3 Å². The summed E-state index contributed by atoms with van der Waals surface area (Å²) in [6.45, 7) is 5.45. The Morgan fingerprint density at radius 2 is 1.85 bits per heavy atom. The van der Waals surface area contributed by atoms with Crippen LogP contribution in [0.2, 0.25) is 0 Å². The summed E-state index contributed by atoms with van der Waals surface area (Å²) in [6, 6.07) is 2.14. The van der Waals surface area contributed by atoms with Crippen molar-refractivity contribution in [2.24, 2.45) is 22.2 Å². The second kappa shape index (κ2) is 4.48. The minimum Gasteiger partial charge on any atom is -0.356 e. The Balaban J connectivity index is 1.72. The fraction of sp³-hybridized carbons (Fsp3) is 0.882. The summed E-state index contributed by atoms with van der Waals surface area (Å²) < 4.78 is 0. The van der Waals surface area contributed by atoms with Crippen molar-refractivity contribution in [3.05, 3.63) is 0 Å². The van der Waals surface area contributed by atoms with Crippen LogP contribution in [-0.4, -0.2) is 12.5 Å². The van der Waals surface area contributed by atoms with Crippen molar-refractivity contribution < 1.29 is 4.79 Å². The van der Waals surface area contributed by atoms with Crippen LogP contribution in [0.1, 0.15) is 65.2 Å². The Labute approximate surface area is 122 Å². The molecule has 3 heteroatoms. The normalized spacial score (nSPS) is 45.1. The number of nitrogens with zero attached hydrogens (tertiary/aromatic N) is 1. The van der Waals surface area contributed by atoms with Gasteiger partial charge in [-0.05, 0) is 61.7 Å². The molecule has 0 heterocycles. The van der Waals surface area contributed by atoms with Crippen molar-refractivity contribution in [2.45, 2.75) is 65.2 Å². The van der Waals surface area contributed by atoms with Crippen LogP contribution in [0.3, 0.4) is 0 Å². The molecule has 2 atom stereocenters. The highest BCUT2D eigenvalue weighted by Gasteiger charge is 2.62. The molecule has 0 aromatic heterocycles. The van der Waals surface area contributed by atoms with Gasteiger partial charge in [-0.25, -0.2) is 0 Å². The van der Waals surface area contributed by atoms with Crippen LogP contribution in [0.25, 0.3) is 0 Å². The summed E-state index contributed by atoms with van der Waals surface area (Å²) in [6.07, 6.45) is 8.52. The molecule has 20 heavy (non-hydrogen) atoms. The van der Waals surface area contributed by atoms with Gasteiger partial charge in [0.2, 0.25) is 5.91 Å². The lowest BCUT2D eigenvalue weighted by Gasteiger charge is -2.64. The summed E-state index contributed by atoms with van der Waals surface area (Å²) in [5, 5.41) is 11.7. The number of amides is 1. The molecule has 0 radical (unpaired) electrons. The third kappa shape index (κ3) is 2.24. The molecular formula is C17H26N2O. The molecule has 4 aliphatic rings. The molecule has 0 spiro atoms. The van der Waals surface area contributed by atoms with Crippen LogP contribution in [-0.2, 0) is 4.79 Å². The Bertz CT molecular complexity index is 446. The van der Waals surface area contributed by atoms with E-state index in [4.69, 9.17) is 5.26 Å². The molecular weight excluding hydrogens is 248 g/mol. The first-order valence-electron chi connectivity index (χ1n) is 8.04. The molecule has 0 aliphatic heterocycles. The van der Waals surface area contributed by atoms with E-state index in [1.807, 2.05) is 0 Å². The molecule has 0 aromatic carbocycles. The van der Waals surface area contributed by atoms with Gasteiger partial charge in [-0.1, -0.05) is 13.8 Å². The van der Waals surface area contributed by atoms with E-state index in [0.29, 0.717) is 23.8 Å². The van der Waals surface area contributed by atoms with Crippen molar-refractivity contribution in [3.63, 3.8) is 0 Å². The zero-order chi connectivity index (χ0) is 14.4. The van der Waals surface area contributed by atoms with Crippen LogP contribution >= 0.6 is 0 Å².